The van der Waals surface area contributed by atoms with Crippen LogP contribution in [0.25, 0.3) is 0 Å². The number of hydrogen-bond donors (Lipinski definition) is 1. The van der Waals surface area contributed by atoms with Gasteiger partial charge in [0.05, 0.1) is 11.3 Å². The maximum absolute atomic E-state index is 13.0. The van der Waals surface area contributed by atoms with E-state index in [1.54, 1.807) is 38.4 Å². The summed E-state index contributed by atoms with van der Waals surface area (Å²) in [6.45, 7) is 0. The van der Waals surface area contributed by atoms with Crippen molar-refractivity contribution in [1.29, 1.82) is 0 Å². The van der Waals surface area contributed by atoms with Gasteiger partial charge >= 0.3 is 6.18 Å². The number of aryl methyl sites for hydroxylation is 1. The highest BCUT2D eigenvalue weighted by Crippen LogP contribution is 2.36. The second kappa shape index (κ2) is 8.43. The lowest BCUT2D eigenvalue weighted by molar-refractivity contribution is -0.137. The van der Waals surface area contributed by atoms with Gasteiger partial charge in [-0.05, 0) is 42.3 Å². The zero-order chi connectivity index (χ0) is 20.2. The van der Waals surface area contributed by atoms with Gasteiger partial charge in [-0.15, -0.1) is 0 Å². The first-order valence-corrected chi connectivity index (χ1v) is 8.43. The molecule has 0 spiro atoms. The lowest BCUT2D eigenvalue weighted by atomic mass is 10.1. The second-order valence-corrected chi connectivity index (χ2v) is 6.57. The molecule has 8 heteroatoms. The average molecular weight is 399 g/mol. The normalized spacial score (nSPS) is 11.2. The molecule has 2 rings (SSSR count). The fraction of sp³-hybridized carbons (Fsp3) is 0.263. The standard InChI is InChI=1S/C19H18ClF3N2O2/c1-25(2)18(27)13-6-3-12(4-7-13)5-10-17(26)24-16-9-8-14(20)11-15(16)19(21,22)23/h3-4,6-9,11H,5,10H2,1-2H3,(H,24,26). The Kier molecular flexibility index (Phi) is 6.49. The second-order valence-electron chi connectivity index (χ2n) is 6.13. The minimum atomic E-state index is -4.62. The van der Waals surface area contributed by atoms with E-state index < -0.39 is 17.6 Å². The van der Waals surface area contributed by atoms with Crippen LogP contribution in [-0.4, -0.2) is 30.8 Å². The van der Waals surface area contributed by atoms with Gasteiger partial charge in [-0.25, -0.2) is 0 Å². The zero-order valence-electron chi connectivity index (χ0n) is 14.7. The number of anilines is 1. The summed E-state index contributed by atoms with van der Waals surface area (Å²) in [7, 11) is 3.29. The molecule has 0 aliphatic carbocycles. The molecule has 0 unspecified atom stereocenters. The van der Waals surface area contributed by atoms with Crippen molar-refractivity contribution in [3.05, 3.63) is 64.2 Å². The fourth-order valence-corrected chi connectivity index (χ4v) is 2.57. The van der Waals surface area contributed by atoms with Crippen LogP contribution in [0.2, 0.25) is 5.02 Å². The molecular weight excluding hydrogens is 381 g/mol. The molecule has 2 aromatic carbocycles. The number of carbonyl (C=O) groups is 2. The molecule has 1 N–H and O–H groups in total. The Hall–Kier alpha value is -2.54. The number of alkyl halides is 3. The van der Waals surface area contributed by atoms with Gasteiger partial charge in [0, 0.05) is 31.1 Å². The molecule has 0 saturated heterocycles. The van der Waals surface area contributed by atoms with E-state index in [1.165, 1.54) is 11.0 Å². The number of amides is 2. The molecule has 27 heavy (non-hydrogen) atoms. The summed E-state index contributed by atoms with van der Waals surface area (Å²) in [5.74, 6) is -0.682. The Bertz CT molecular complexity index is 834. The third-order valence-electron chi connectivity index (χ3n) is 3.81. The van der Waals surface area contributed by atoms with Crippen molar-refractivity contribution in [1.82, 2.24) is 4.90 Å². The molecule has 2 amide bonds. The number of carbonyl (C=O) groups excluding carboxylic acids is 2. The first-order valence-electron chi connectivity index (χ1n) is 8.05. The number of nitrogens with zero attached hydrogens (tertiary/aromatic N) is 1. The molecule has 0 fully saturated rings. The predicted octanol–water partition coefficient (Wildman–Crippen LogP) is 4.63. The van der Waals surface area contributed by atoms with Gasteiger partial charge in [-0.1, -0.05) is 23.7 Å². The molecule has 144 valence electrons. The number of benzene rings is 2. The monoisotopic (exact) mass is 398 g/mol. The van der Waals surface area contributed by atoms with Gasteiger partial charge in [0.15, 0.2) is 0 Å². The van der Waals surface area contributed by atoms with E-state index >= 15 is 0 Å². The molecule has 0 radical (unpaired) electrons. The van der Waals surface area contributed by atoms with E-state index in [2.05, 4.69) is 5.32 Å². The van der Waals surface area contributed by atoms with Crippen LogP contribution in [0.4, 0.5) is 18.9 Å². The van der Waals surface area contributed by atoms with Crippen LogP contribution in [0.1, 0.15) is 27.9 Å². The quantitative estimate of drug-likeness (QED) is 0.798. The van der Waals surface area contributed by atoms with Gasteiger partial charge in [-0.2, -0.15) is 13.2 Å². The average Bonchev–Trinajstić information content (AvgIpc) is 2.60. The van der Waals surface area contributed by atoms with Crippen molar-refractivity contribution in [2.45, 2.75) is 19.0 Å². The first-order chi connectivity index (χ1) is 12.6. The Balaban J connectivity index is 2.00. The maximum Gasteiger partial charge on any atom is 0.418 e. The highest BCUT2D eigenvalue weighted by Gasteiger charge is 2.34. The summed E-state index contributed by atoms with van der Waals surface area (Å²) in [6.07, 6.45) is -4.29. The lowest BCUT2D eigenvalue weighted by Crippen LogP contribution is -2.21. The minimum Gasteiger partial charge on any atom is -0.345 e. The van der Waals surface area contributed by atoms with Crippen LogP contribution in [0.5, 0.6) is 0 Å². The van der Waals surface area contributed by atoms with Crippen LogP contribution in [0.3, 0.4) is 0 Å². The van der Waals surface area contributed by atoms with Gasteiger partial charge < -0.3 is 10.2 Å². The Labute approximate surface area is 159 Å². The van der Waals surface area contributed by atoms with E-state index in [4.69, 9.17) is 11.6 Å². The largest absolute Gasteiger partial charge is 0.418 e. The van der Waals surface area contributed by atoms with Crippen molar-refractivity contribution in [3.8, 4) is 0 Å². The maximum atomic E-state index is 13.0. The minimum absolute atomic E-state index is 0.000890. The van der Waals surface area contributed by atoms with Crippen molar-refractivity contribution >= 4 is 29.1 Å². The number of nitrogens with one attached hydrogen (secondary N) is 1. The van der Waals surface area contributed by atoms with Gasteiger partial charge in [0.25, 0.3) is 5.91 Å². The number of halogens is 4. The van der Waals surface area contributed by atoms with Gasteiger partial charge in [0.2, 0.25) is 5.91 Å². The smallest absolute Gasteiger partial charge is 0.345 e. The van der Waals surface area contributed by atoms with E-state index in [0.29, 0.717) is 12.0 Å². The van der Waals surface area contributed by atoms with E-state index in [-0.39, 0.29) is 23.0 Å². The van der Waals surface area contributed by atoms with E-state index in [9.17, 15) is 22.8 Å². The summed E-state index contributed by atoms with van der Waals surface area (Å²) in [5, 5.41) is 2.22. The molecule has 0 aliphatic heterocycles. The van der Waals surface area contributed by atoms with Gasteiger partial charge in [-0.3, -0.25) is 9.59 Å². The van der Waals surface area contributed by atoms with Crippen molar-refractivity contribution in [3.63, 3.8) is 0 Å². The van der Waals surface area contributed by atoms with E-state index in [0.717, 1.165) is 17.7 Å². The molecule has 0 aliphatic rings. The predicted molar refractivity (Wildman–Crippen MR) is 97.9 cm³/mol. The first kappa shape index (κ1) is 20.8. The molecule has 0 aromatic heterocycles. The third-order valence-corrected chi connectivity index (χ3v) is 4.04. The van der Waals surface area contributed by atoms with Crippen LogP contribution in [0, 0.1) is 0 Å². The summed E-state index contributed by atoms with van der Waals surface area (Å²) in [4.78, 5) is 25.3. The summed E-state index contributed by atoms with van der Waals surface area (Å²) >= 11 is 5.62. The van der Waals surface area contributed by atoms with Crippen LogP contribution >= 0.6 is 11.6 Å². The number of hydrogen-bond acceptors (Lipinski definition) is 2. The summed E-state index contributed by atoms with van der Waals surface area (Å²) < 4.78 is 39.1. The molecule has 0 bridgehead atoms. The van der Waals surface area contributed by atoms with E-state index in [1.807, 2.05) is 0 Å². The Morgan fingerprint density at radius 1 is 1.07 bits per heavy atom. The lowest BCUT2D eigenvalue weighted by Gasteiger charge is -2.14. The topological polar surface area (TPSA) is 49.4 Å². The molecule has 0 heterocycles. The highest BCUT2D eigenvalue weighted by atomic mass is 35.5. The summed E-state index contributed by atoms with van der Waals surface area (Å²) in [6, 6.07) is 9.92. The fourth-order valence-electron chi connectivity index (χ4n) is 2.40. The summed E-state index contributed by atoms with van der Waals surface area (Å²) in [5.41, 5.74) is -0.00415. The SMILES string of the molecule is CN(C)C(=O)c1ccc(CCC(=O)Nc2ccc(Cl)cc2C(F)(F)F)cc1. The molecule has 2 aromatic rings. The molecule has 0 saturated carbocycles. The van der Waals surface area contributed by atoms with Crippen LogP contribution in [-0.2, 0) is 17.4 Å². The van der Waals surface area contributed by atoms with Crippen LogP contribution in [0.15, 0.2) is 42.5 Å². The van der Waals surface area contributed by atoms with Crippen molar-refractivity contribution in [2.24, 2.45) is 0 Å². The molecule has 4 nitrogen and oxygen atoms in total. The van der Waals surface area contributed by atoms with Gasteiger partial charge in [0.1, 0.15) is 0 Å². The van der Waals surface area contributed by atoms with Crippen LogP contribution < -0.4 is 5.32 Å². The van der Waals surface area contributed by atoms with Crippen molar-refractivity contribution < 1.29 is 22.8 Å². The Morgan fingerprint density at radius 2 is 1.70 bits per heavy atom. The Morgan fingerprint density at radius 3 is 2.26 bits per heavy atom. The zero-order valence-corrected chi connectivity index (χ0v) is 15.5. The highest BCUT2D eigenvalue weighted by molar-refractivity contribution is 6.30. The molecular formula is C19H18ClF3N2O2. The number of rotatable bonds is 5. The molecule has 0 atom stereocenters. The van der Waals surface area contributed by atoms with Crippen molar-refractivity contribution in [2.75, 3.05) is 19.4 Å². The third kappa shape index (κ3) is 5.72.